The van der Waals surface area contributed by atoms with Crippen molar-refractivity contribution in [3.8, 4) is 0 Å². The van der Waals surface area contributed by atoms with E-state index in [0.29, 0.717) is 6.42 Å². The molecule has 0 aromatic carbocycles. The minimum absolute atomic E-state index is 0.0451. The van der Waals surface area contributed by atoms with Gasteiger partial charge in [-0.15, -0.1) is 0 Å². The molecule has 16 heavy (non-hydrogen) atoms. The molecule has 0 bridgehead atoms. The predicted octanol–water partition coefficient (Wildman–Crippen LogP) is 2.46. The Labute approximate surface area is 103 Å². The molecular formula is C12H24N2OS. The highest BCUT2D eigenvalue weighted by Gasteiger charge is 2.18. The smallest absolute Gasteiger partial charge is 0.233 e. The van der Waals surface area contributed by atoms with Crippen molar-refractivity contribution in [2.75, 3.05) is 5.75 Å². The first-order valence-electron chi connectivity index (χ1n) is 6.33. The van der Waals surface area contributed by atoms with Gasteiger partial charge in [0, 0.05) is 11.7 Å². The molecule has 0 heterocycles. The van der Waals surface area contributed by atoms with E-state index in [-0.39, 0.29) is 5.91 Å². The van der Waals surface area contributed by atoms with E-state index in [1.54, 1.807) is 0 Å². The summed E-state index contributed by atoms with van der Waals surface area (Å²) in [7, 11) is 0. The highest BCUT2D eigenvalue weighted by atomic mass is 32.2. The van der Waals surface area contributed by atoms with Crippen molar-refractivity contribution in [2.45, 2.75) is 57.1 Å². The van der Waals surface area contributed by atoms with Gasteiger partial charge in [-0.05, 0) is 37.4 Å². The van der Waals surface area contributed by atoms with Crippen LogP contribution in [0.1, 0.15) is 51.9 Å². The first-order chi connectivity index (χ1) is 7.72. The van der Waals surface area contributed by atoms with Crippen molar-refractivity contribution >= 4 is 17.7 Å². The van der Waals surface area contributed by atoms with Crippen LogP contribution >= 0.6 is 11.8 Å². The Morgan fingerprint density at radius 1 is 1.44 bits per heavy atom. The highest BCUT2D eigenvalue weighted by molar-refractivity contribution is 7.99. The van der Waals surface area contributed by atoms with E-state index in [1.807, 2.05) is 0 Å². The van der Waals surface area contributed by atoms with Crippen molar-refractivity contribution in [1.82, 2.24) is 5.43 Å². The number of amides is 1. The molecule has 94 valence electrons. The molecule has 0 saturated heterocycles. The van der Waals surface area contributed by atoms with E-state index in [4.69, 9.17) is 5.84 Å². The van der Waals surface area contributed by atoms with Gasteiger partial charge < -0.3 is 0 Å². The SMILES string of the molecule is CC1CCCC(SCCCCC(=O)NN)C1. The lowest BCUT2D eigenvalue weighted by Gasteiger charge is -2.26. The first kappa shape index (κ1) is 13.8. The van der Waals surface area contributed by atoms with Gasteiger partial charge in [-0.2, -0.15) is 11.8 Å². The van der Waals surface area contributed by atoms with Crippen LogP contribution in [-0.2, 0) is 4.79 Å². The molecule has 3 N–H and O–H groups in total. The van der Waals surface area contributed by atoms with Crippen molar-refractivity contribution < 1.29 is 4.79 Å². The summed E-state index contributed by atoms with van der Waals surface area (Å²) in [5.41, 5.74) is 2.17. The Bertz CT molecular complexity index is 211. The molecule has 0 aromatic rings. The van der Waals surface area contributed by atoms with E-state index in [1.165, 1.54) is 31.4 Å². The van der Waals surface area contributed by atoms with Gasteiger partial charge in [-0.1, -0.05) is 19.8 Å². The third kappa shape index (κ3) is 5.75. The molecule has 0 radical (unpaired) electrons. The summed E-state index contributed by atoms with van der Waals surface area (Å²) in [6, 6.07) is 0. The van der Waals surface area contributed by atoms with Crippen LogP contribution in [0, 0.1) is 5.92 Å². The van der Waals surface area contributed by atoms with Gasteiger partial charge in [0.2, 0.25) is 5.91 Å². The molecule has 1 amide bonds. The van der Waals surface area contributed by atoms with Crippen LogP contribution in [0.25, 0.3) is 0 Å². The topological polar surface area (TPSA) is 55.1 Å². The lowest BCUT2D eigenvalue weighted by Crippen LogP contribution is -2.29. The van der Waals surface area contributed by atoms with Crippen LogP contribution in [0.5, 0.6) is 0 Å². The summed E-state index contributed by atoms with van der Waals surface area (Å²) in [6.07, 6.45) is 8.23. The number of rotatable bonds is 6. The second-order valence-electron chi connectivity index (χ2n) is 4.79. The number of hydrazine groups is 1. The van der Waals surface area contributed by atoms with Crippen LogP contribution in [0.15, 0.2) is 0 Å². The fourth-order valence-electron chi connectivity index (χ4n) is 2.24. The second-order valence-corrected chi connectivity index (χ2v) is 6.20. The Morgan fingerprint density at radius 3 is 2.94 bits per heavy atom. The highest BCUT2D eigenvalue weighted by Crippen LogP contribution is 2.32. The number of carbonyl (C=O) groups excluding carboxylic acids is 1. The summed E-state index contributed by atoms with van der Waals surface area (Å²) in [5.74, 6) is 7.07. The third-order valence-corrected chi connectivity index (χ3v) is 4.62. The number of unbranched alkanes of at least 4 members (excludes halogenated alkanes) is 1. The molecule has 1 fully saturated rings. The van der Waals surface area contributed by atoms with Crippen molar-refractivity contribution in [3.63, 3.8) is 0 Å². The zero-order valence-corrected chi connectivity index (χ0v) is 11.0. The predicted molar refractivity (Wildman–Crippen MR) is 70.1 cm³/mol. The number of thioether (sulfide) groups is 1. The summed E-state index contributed by atoms with van der Waals surface area (Å²) < 4.78 is 0. The fraction of sp³-hybridized carbons (Fsp3) is 0.917. The van der Waals surface area contributed by atoms with Crippen LogP contribution in [0.4, 0.5) is 0 Å². The van der Waals surface area contributed by atoms with Gasteiger partial charge >= 0.3 is 0 Å². The summed E-state index contributed by atoms with van der Waals surface area (Å²) in [5, 5.41) is 0.868. The minimum Gasteiger partial charge on any atom is -0.294 e. The molecule has 1 aliphatic carbocycles. The van der Waals surface area contributed by atoms with Crippen LogP contribution in [0.3, 0.4) is 0 Å². The summed E-state index contributed by atoms with van der Waals surface area (Å²) in [4.78, 5) is 10.9. The van der Waals surface area contributed by atoms with E-state index < -0.39 is 0 Å². The van der Waals surface area contributed by atoms with Crippen molar-refractivity contribution in [1.29, 1.82) is 0 Å². The summed E-state index contributed by atoms with van der Waals surface area (Å²) >= 11 is 2.10. The zero-order valence-electron chi connectivity index (χ0n) is 10.2. The van der Waals surface area contributed by atoms with Crippen LogP contribution in [-0.4, -0.2) is 16.9 Å². The Kier molecular flexibility index (Phi) is 6.88. The van der Waals surface area contributed by atoms with E-state index in [2.05, 4.69) is 24.1 Å². The maximum Gasteiger partial charge on any atom is 0.233 e. The summed E-state index contributed by atoms with van der Waals surface area (Å²) in [6.45, 7) is 2.36. The lowest BCUT2D eigenvalue weighted by atomic mass is 9.91. The number of nitrogens with two attached hydrogens (primary N) is 1. The Hall–Kier alpha value is -0.220. The molecule has 3 nitrogen and oxygen atoms in total. The van der Waals surface area contributed by atoms with Crippen LogP contribution < -0.4 is 11.3 Å². The normalized spacial score (nSPS) is 25.4. The lowest BCUT2D eigenvalue weighted by molar-refractivity contribution is -0.121. The molecule has 2 atom stereocenters. The molecule has 0 aliphatic heterocycles. The van der Waals surface area contributed by atoms with Gasteiger partial charge in [0.25, 0.3) is 0 Å². The third-order valence-electron chi connectivity index (χ3n) is 3.20. The van der Waals surface area contributed by atoms with Gasteiger partial charge in [0.05, 0.1) is 0 Å². The maximum atomic E-state index is 10.9. The number of nitrogens with one attached hydrogen (secondary N) is 1. The molecule has 0 aromatic heterocycles. The standard InChI is InChI=1S/C12H24N2OS/c1-10-5-4-6-11(9-10)16-8-3-2-7-12(15)14-13/h10-11H,2-9,13H2,1H3,(H,14,15). The van der Waals surface area contributed by atoms with Crippen LogP contribution in [0.2, 0.25) is 0 Å². The zero-order chi connectivity index (χ0) is 11.8. The molecule has 4 heteroatoms. The maximum absolute atomic E-state index is 10.9. The Morgan fingerprint density at radius 2 is 2.25 bits per heavy atom. The Balaban J connectivity index is 1.96. The average Bonchev–Trinajstić information content (AvgIpc) is 2.28. The van der Waals surface area contributed by atoms with Gasteiger partial charge in [-0.3, -0.25) is 10.2 Å². The molecule has 1 rings (SSSR count). The van der Waals surface area contributed by atoms with E-state index >= 15 is 0 Å². The average molecular weight is 244 g/mol. The second kappa shape index (κ2) is 7.96. The van der Waals surface area contributed by atoms with E-state index in [0.717, 1.165) is 24.0 Å². The largest absolute Gasteiger partial charge is 0.294 e. The molecule has 2 unspecified atom stereocenters. The van der Waals surface area contributed by atoms with E-state index in [9.17, 15) is 4.79 Å². The first-order valence-corrected chi connectivity index (χ1v) is 7.38. The molecule has 0 spiro atoms. The monoisotopic (exact) mass is 244 g/mol. The van der Waals surface area contributed by atoms with Gasteiger partial charge in [0.1, 0.15) is 0 Å². The minimum atomic E-state index is -0.0451. The number of carbonyl (C=O) groups is 1. The molecule has 1 saturated carbocycles. The van der Waals surface area contributed by atoms with Gasteiger partial charge in [0.15, 0.2) is 0 Å². The quantitative estimate of drug-likeness (QED) is 0.326. The van der Waals surface area contributed by atoms with Crippen molar-refractivity contribution in [3.05, 3.63) is 0 Å². The number of hydrogen-bond donors (Lipinski definition) is 2. The molecular weight excluding hydrogens is 220 g/mol. The fourth-order valence-corrected chi connectivity index (χ4v) is 3.74. The molecule has 1 aliphatic rings. The number of hydrogen-bond acceptors (Lipinski definition) is 3. The van der Waals surface area contributed by atoms with Gasteiger partial charge in [-0.25, -0.2) is 5.84 Å². The van der Waals surface area contributed by atoms with Crippen molar-refractivity contribution in [2.24, 2.45) is 11.8 Å².